The van der Waals surface area contributed by atoms with Gasteiger partial charge in [-0.25, -0.2) is 14.3 Å². The number of ether oxygens (including phenoxy) is 3. The average molecular weight is 369 g/mol. The molecular weight excluding hydrogens is 350 g/mol. The van der Waals surface area contributed by atoms with Crippen LogP contribution in [0.2, 0.25) is 0 Å². The van der Waals surface area contributed by atoms with Crippen LogP contribution in [-0.4, -0.2) is 47.6 Å². The van der Waals surface area contributed by atoms with Gasteiger partial charge in [-0.3, -0.25) is 0 Å². The van der Waals surface area contributed by atoms with Crippen molar-refractivity contribution in [2.75, 3.05) is 20.3 Å². The van der Waals surface area contributed by atoms with Crippen LogP contribution in [0, 0.1) is 11.3 Å². The summed E-state index contributed by atoms with van der Waals surface area (Å²) in [6.07, 6.45) is 4.13. The second-order valence-corrected chi connectivity index (χ2v) is 5.75. The quantitative estimate of drug-likeness (QED) is 0.518. The predicted octanol–water partition coefficient (Wildman–Crippen LogP) is 2.09. The summed E-state index contributed by atoms with van der Waals surface area (Å²) in [5.74, 6) is 1.55. The molecule has 8 heteroatoms. The Kier molecular flexibility index (Phi) is 6.50. The second kappa shape index (κ2) is 8.81. The van der Waals surface area contributed by atoms with Gasteiger partial charge in [-0.15, -0.1) is 0 Å². The summed E-state index contributed by atoms with van der Waals surface area (Å²) >= 11 is 0. The van der Waals surface area contributed by atoms with Crippen molar-refractivity contribution in [2.24, 2.45) is 0 Å². The van der Waals surface area contributed by atoms with Gasteiger partial charge in [-0.05, 0) is 32.0 Å². The van der Waals surface area contributed by atoms with E-state index in [-0.39, 0.29) is 18.8 Å². The summed E-state index contributed by atoms with van der Waals surface area (Å²) < 4.78 is 17.3. The van der Waals surface area contributed by atoms with Crippen molar-refractivity contribution in [3.05, 3.63) is 47.8 Å². The first-order valence-electron chi connectivity index (χ1n) is 8.12. The molecule has 0 radical (unpaired) electrons. The van der Waals surface area contributed by atoms with Crippen molar-refractivity contribution < 1.29 is 23.8 Å². The summed E-state index contributed by atoms with van der Waals surface area (Å²) in [4.78, 5) is 22.3. The van der Waals surface area contributed by atoms with Crippen molar-refractivity contribution in [3.63, 3.8) is 0 Å². The van der Waals surface area contributed by atoms with Crippen LogP contribution >= 0.6 is 0 Å². The van der Waals surface area contributed by atoms with Crippen LogP contribution < -0.4 is 4.74 Å². The highest BCUT2D eigenvalue weighted by Crippen LogP contribution is 2.23. The molecule has 0 bridgehead atoms. The zero-order valence-corrected chi connectivity index (χ0v) is 15.3. The van der Waals surface area contributed by atoms with Gasteiger partial charge in [0, 0.05) is 19.4 Å². The number of hydrogen-bond donors (Lipinski definition) is 0. The third kappa shape index (κ3) is 4.82. The molecule has 8 nitrogen and oxygen atoms in total. The minimum Gasteiger partial charge on any atom is -0.489 e. The van der Waals surface area contributed by atoms with Crippen LogP contribution in [0.15, 0.2) is 36.7 Å². The molecule has 1 heterocycles. The van der Waals surface area contributed by atoms with Crippen molar-refractivity contribution in [3.8, 4) is 17.5 Å². The molecule has 0 aliphatic carbocycles. The van der Waals surface area contributed by atoms with Gasteiger partial charge in [0.15, 0.2) is 0 Å². The number of rotatable bonds is 8. The van der Waals surface area contributed by atoms with E-state index < -0.39 is 11.6 Å². The lowest BCUT2D eigenvalue weighted by Gasteiger charge is -2.23. The van der Waals surface area contributed by atoms with Gasteiger partial charge in [0.05, 0.1) is 29.6 Å². The van der Waals surface area contributed by atoms with Gasteiger partial charge in [-0.1, -0.05) is 0 Å². The SMILES string of the molecule is CCOC(=O)c1cnn(-c2ccc(OCC(C)(C=C=O)OC)c(C#N)c2)c1. The largest absolute Gasteiger partial charge is 0.489 e. The Morgan fingerprint density at radius 1 is 1.44 bits per heavy atom. The molecule has 1 aromatic heterocycles. The number of nitriles is 1. The van der Waals surface area contributed by atoms with Crippen LogP contribution in [0.25, 0.3) is 5.69 Å². The summed E-state index contributed by atoms with van der Waals surface area (Å²) in [6, 6.07) is 6.94. The topological polar surface area (TPSA) is 103 Å². The zero-order chi connectivity index (χ0) is 19.9. The average Bonchev–Trinajstić information content (AvgIpc) is 3.17. The normalized spacial score (nSPS) is 12.4. The van der Waals surface area contributed by atoms with E-state index in [1.165, 1.54) is 30.3 Å². The number of hydrogen-bond acceptors (Lipinski definition) is 7. The molecular formula is C19H19N3O5. The van der Waals surface area contributed by atoms with Crippen LogP contribution in [0.5, 0.6) is 5.75 Å². The second-order valence-electron chi connectivity index (χ2n) is 5.75. The van der Waals surface area contributed by atoms with E-state index >= 15 is 0 Å². The zero-order valence-electron chi connectivity index (χ0n) is 15.3. The smallest absolute Gasteiger partial charge is 0.341 e. The molecule has 2 rings (SSSR count). The fourth-order valence-electron chi connectivity index (χ4n) is 2.16. The lowest BCUT2D eigenvalue weighted by Crippen LogP contribution is -2.32. The minimum absolute atomic E-state index is 0.0293. The molecule has 0 saturated carbocycles. The molecule has 1 aromatic carbocycles. The van der Waals surface area contributed by atoms with Crippen molar-refractivity contribution in [2.45, 2.75) is 19.4 Å². The Bertz CT molecular complexity index is 908. The van der Waals surface area contributed by atoms with E-state index in [1.54, 1.807) is 38.0 Å². The van der Waals surface area contributed by atoms with Crippen molar-refractivity contribution in [1.29, 1.82) is 5.26 Å². The first-order valence-corrected chi connectivity index (χ1v) is 8.12. The van der Waals surface area contributed by atoms with E-state index in [9.17, 15) is 14.9 Å². The Morgan fingerprint density at radius 3 is 2.85 bits per heavy atom. The van der Waals surface area contributed by atoms with Crippen LogP contribution in [0.4, 0.5) is 0 Å². The third-order valence-electron chi connectivity index (χ3n) is 3.79. The third-order valence-corrected chi connectivity index (χ3v) is 3.79. The standard InChI is InChI=1S/C19H19N3O5/c1-4-26-18(24)15-11-21-22(12-15)16-5-6-17(14(9-16)10-20)27-13-19(2,25-3)7-8-23/h5-7,9,11-12H,4,13H2,1-3H3. The van der Waals surface area contributed by atoms with E-state index in [0.717, 1.165) is 0 Å². The number of carbonyl (C=O) groups excluding carboxylic acids is 2. The maximum absolute atomic E-state index is 11.7. The fourth-order valence-corrected chi connectivity index (χ4v) is 2.16. The van der Waals surface area contributed by atoms with Crippen LogP contribution in [0.1, 0.15) is 29.8 Å². The number of nitrogens with zero attached hydrogens (tertiary/aromatic N) is 3. The van der Waals surface area contributed by atoms with Gasteiger partial charge in [0.1, 0.15) is 30.0 Å². The van der Waals surface area contributed by atoms with Gasteiger partial charge in [0.25, 0.3) is 0 Å². The molecule has 1 atom stereocenters. The minimum atomic E-state index is -0.955. The Labute approximate surface area is 156 Å². The van der Waals surface area contributed by atoms with Crippen molar-refractivity contribution >= 4 is 11.9 Å². The molecule has 140 valence electrons. The Hall–Kier alpha value is -3.40. The van der Waals surface area contributed by atoms with Gasteiger partial charge in [-0.2, -0.15) is 10.4 Å². The monoisotopic (exact) mass is 369 g/mol. The maximum Gasteiger partial charge on any atom is 0.341 e. The molecule has 0 saturated heterocycles. The van der Waals surface area contributed by atoms with E-state index in [2.05, 4.69) is 11.2 Å². The van der Waals surface area contributed by atoms with Crippen LogP contribution in [-0.2, 0) is 14.3 Å². The lowest BCUT2D eigenvalue weighted by atomic mass is 10.1. The van der Waals surface area contributed by atoms with Crippen molar-refractivity contribution in [1.82, 2.24) is 9.78 Å². The number of carbonyl (C=O) groups is 1. The first kappa shape index (κ1) is 19.9. The Balaban J connectivity index is 2.23. The maximum atomic E-state index is 11.7. The fraction of sp³-hybridized carbons (Fsp3) is 0.316. The van der Waals surface area contributed by atoms with E-state index in [1.807, 2.05) is 0 Å². The van der Waals surface area contributed by atoms with Gasteiger partial charge < -0.3 is 14.2 Å². The van der Waals surface area contributed by atoms with Gasteiger partial charge >= 0.3 is 5.97 Å². The Morgan fingerprint density at radius 2 is 2.22 bits per heavy atom. The predicted molar refractivity (Wildman–Crippen MR) is 95.4 cm³/mol. The molecule has 2 aromatic rings. The molecule has 0 amide bonds. The molecule has 27 heavy (non-hydrogen) atoms. The summed E-state index contributed by atoms with van der Waals surface area (Å²) in [7, 11) is 1.45. The molecule has 0 aliphatic rings. The first-order chi connectivity index (χ1) is 13.0. The lowest BCUT2D eigenvalue weighted by molar-refractivity contribution is 0.00951. The summed E-state index contributed by atoms with van der Waals surface area (Å²) in [5.41, 5.74) is 0.210. The number of methoxy groups -OCH3 is 1. The molecule has 0 N–H and O–H groups in total. The number of aromatic nitrogens is 2. The summed E-state index contributed by atoms with van der Waals surface area (Å²) in [6.45, 7) is 3.69. The number of benzene rings is 1. The molecule has 1 unspecified atom stereocenters. The summed E-state index contributed by atoms with van der Waals surface area (Å²) in [5, 5.41) is 13.5. The molecule has 0 spiro atoms. The van der Waals surface area contributed by atoms with E-state index in [0.29, 0.717) is 17.0 Å². The van der Waals surface area contributed by atoms with Gasteiger partial charge in [0.2, 0.25) is 0 Å². The highest BCUT2D eigenvalue weighted by Gasteiger charge is 2.22. The highest BCUT2D eigenvalue weighted by molar-refractivity contribution is 5.88. The molecule has 0 aliphatic heterocycles. The molecule has 0 fully saturated rings. The van der Waals surface area contributed by atoms with E-state index in [4.69, 9.17) is 14.2 Å². The number of esters is 1. The highest BCUT2D eigenvalue weighted by atomic mass is 16.5. The van der Waals surface area contributed by atoms with Crippen LogP contribution in [0.3, 0.4) is 0 Å².